The maximum absolute atomic E-state index is 13.9. The molecule has 3 fully saturated rings. The molecule has 1 aromatic carbocycles. The zero-order chi connectivity index (χ0) is 30.5. The third kappa shape index (κ3) is 7.71. The molecule has 0 radical (unpaired) electrons. The zero-order valence-corrected chi connectivity index (χ0v) is 26.2. The Morgan fingerprint density at radius 1 is 1.23 bits per heavy atom. The van der Waals surface area contributed by atoms with Crippen LogP contribution in [0.2, 0.25) is 0 Å². The number of benzene rings is 1. The lowest BCUT2D eigenvalue weighted by Crippen LogP contribution is -2.51. The number of ether oxygens (including phenoxy) is 1. The van der Waals surface area contributed by atoms with Crippen LogP contribution in [0, 0.1) is 0 Å². The van der Waals surface area contributed by atoms with Gasteiger partial charge in [-0.3, -0.25) is 9.59 Å². The Morgan fingerprint density at radius 2 is 2.02 bits per heavy atom. The largest absolute Gasteiger partial charge is 0.478 e. The summed E-state index contributed by atoms with van der Waals surface area (Å²) < 4.78 is 20.0. The number of alkyl halides is 1. The number of pyridine rings is 1. The molecule has 5 heterocycles. The number of rotatable bonds is 8. The van der Waals surface area contributed by atoms with Crippen LogP contribution < -0.4 is 15.4 Å². The van der Waals surface area contributed by atoms with Crippen LogP contribution in [0.3, 0.4) is 0 Å². The highest BCUT2D eigenvalue weighted by molar-refractivity contribution is 7.45. The van der Waals surface area contributed by atoms with Crippen molar-refractivity contribution in [1.82, 2.24) is 20.5 Å². The topological polar surface area (TPSA) is 176 Å². The molecule has 3 saturated heterocycles. The van der Waals surface area contributed by atoms with Gasteiger partial charge in [0, 0.05) is 46.3 Å². The van der Waals surface area contributed by atoms with E-state index in [-0.39, 0.29) is 45.8 Å². The van der Waals surface area contributed by atoms with Crippen molar-refractivity contribution < 1.29 is 43.4 Å². The van der Waals surface area contributed by atoms with Crippen molar-refractivity contribution in [3.8, 4) is 5.88 Å². The Balaban J connectivity index is 0.000000553. The number of fused-ring (bicyclic) bond motifs is 2. The minimum Gasteiger partial charge on any atom is -0.478 e. The summed E-state index contributed by atoms with van der Waals surface area (Å²) in [6, 6.07) is 9.68. The van der Waals surface area contributed by atoms with E-state index in [1.54, 1.807) is 17.0 Å². The van der Waals surface area contributed by atoms with Gasteiger partial charge < -0.3 is 40.6 Å². The molecule has 14 heteroatoms. The minimum atomic E-state index is -2.73. The lowest BCUT2D eigenvalue weighted by Gasteiger charge is -2.30. The fourth-order valence-corrected chi connectivity index (χ4v) is 7.27. The molecule has 4 atom stereocenters. The van der Waals surface area contributed by atoms with Gasteiger partial charge in [-0.25, -0.2) is 9.37 Å². The number of carbonyl (C=O) groups excluding carboxylic acids is 2. The van der Waals surface area contributed by atoms with Crippen LogP contribution in [0.25, 0.3) is 10.1 Å². The summed E-state index contributed by atoms with van der Waals surface area (Å²) in [6.45, 7) is 4.74. The third-order valence-corrected chi connectivity index (χ3v) is 10.1. The number of thiophene rings is 1. The number of nitrogens with one attached hydrogen (secondary N) is 2. The summed E-state index contributed by atoms with van der Waals surface area (Å²) in [4.78, 5) is 50.4. The molecule has 3 aromatic rings. The first-order valence-corrected chi connectivity index (χ1v) is 16.8. The Hall–Kier alpha value is -2.77. The van der Waals surface area contributed by atoms with E-state index in [0.29, 0.717) is 29.2 Å². The smallest absolute Gasteiger partial charge is 0.262 e. The molecule has 0 bridgehead atoms. The predicted molar refractivity (Wildman–Crippen MR) is 174 cm³/mol. The average molecular weight is 657 g/mol. The Kier molecular flexibility index (Phi) is 12.0. The fourth-order valence-electron chi connectivity index (χ4n) is 5.89. The van der Waals surface area contributed by atoms with Gasteiger partial charge in [0.15, 0.2) is 5.91 Å². The maximum Gasteiger partial charge on any atom is 0.262 e. The normalized spacial score (nSPS) is 22.3. The van der Waals surface area contributed by atoms with Gasteiger partial charge in [0.25, 0.3) is 5.91 Å². The van der Waals surface area contributed by atoms with Gasteiger partial charge in [-0.2, -0.15) is 0 Å². The molecular formula is C30H46FN4O7PS. The number of aromatic nitrogens is 1. The molecule has 3 aliphatic rings. The Labute approximate surface area is 265 Å². The average Bonchev–Trinajstić information content (AvgIpc) is 3.55. The number of hydrogen-bond acceptors (Lipinski definition) is 9. The summed E-state index contributed by atoms with van der Waals surface area (Å²) >= 11 is 1.23. The number of carbonyl (C=O) groups is 2. The second kappa shape index (κ2) is 15.5. The zero-order valence-electron chi connectivity index (χ0n) is 24.5. The van der Waals surface area contributed by atoms with E-state index in [9.17, 15) is 19.1 Å². The lowest BCUT2D eigenvalue weighted by atomic mass is 9.95. The molecule has 0 unspecified atom stereocenters. The molecule has 0 spiro atoms. The molecule has 2 aromatic heterocycles. The van der Waals surface area contributed by atoms with E-state index >= 15 is 0 Å². The van der Waals surface area contributed by atoms with Gasteiger partial charge in [-0.05, 0) is 79.8 Å². The standard InChI is InChI=1S/C20H24FN2O5PS.C10H14N2O.H2O.3H2/c21-18(29(27)28)11-4-7-16-12(8-11)9-17(30-16)19(25)22-15-3-1-2-13-5-6-14(10-24)23(13)20(15)26;1-2-13-10-5-8(3-4-12-10)9-6-11-7-9;;;;/h4,7-9,13-15,18,24,27-28H,1-3,5-6,10H2,(H,22,25);3-5,9,11H,2,6-7H2,1H3;1H2;3*1H/t13-,14-,15-,18-;;;;;/m0...../s1. The van der Waals surface area contributed by atoms with E-state index in [1.807, 2.05) is 19.2 Å². The molecule has 6 rings (SSSR count). The summed E-state index contributed by atoms with van der Waals surface area (Å²) in [5.41, 5.74) is 1.48. The van der Waals surface area contributed by atoms with E-state index in [0.717, 1.165) is 49.4 Å². The van der Waals surface area contributed by atoms with Crippen molar-refractivity contribution in [1.29, 1.82) is 0 Å². The van der Waals surface area contributed by atoms with Crippen LogP contribution in [0.5, 0.6) is 5.88 Å². The maximum atomic E-state index is 13.9. The number of aliphatic hydroxyl groups excluding tert-OH is 1. The van der Waals surface area contributed by atoms with Gasteiger partial charge in [-0.15, -0.1) is 11.3 Å². The SMILES string of the molecule is CCOc1cc(C2CNC2)ccn1.O.O=C(N[C@H]1CCC[C@H]2CC[C@@H](CO)N2C1=O)c1cc2cc([C@@H](F)P(O)O)ccc2s1.[HH].[HH].[HH]. The number of amides is 2. The highest BCUT2D eigenvalue weighted by atomic mass is 32.1. The number of halogens is 1. The minimum absolute atomic E-state index is 0. The number of aliphatic hydroxyl groups is 1. The van der Waals surface area contributed by atoms with Crippen molar-refractivity contribution in [3.05, 3.63) is 58.6 Å². The van der Waals surface area contributed by atoms with Gasteiger partial charge >= 0.3 is 0 Å². The molecule has 246 valence electrons. The Morgan fingerprint density at radius 3 is 2.70 bits per heavy atom. The monoisotopic (exact) mass is 656 g/mol. The summed E-state index contributed by atoms with van der Waals surface area (Å²) in [7, 11) is -2.73. The van der Waals surface area contributed by atoms with Crippen LogP contribution in [0.1, 0.15) is 75.9 Å². The summed E-state index contributed by atoms with van der Waals surface area (Å²) in [6.07, 6.45) is 5.75. The van der Waals surface area contributed by atoms with E-state index in [1.165, 1.54) is 29.0 Å². The van der Waals surface area contributed by atoms with Gasteiger partial charge in [0.05, 0.1) is 24.1 Å². The Bertz CT molecular complexity index is 1440. The fraction of sp³-hybridized carbons (Fsp3) is 0.500. The van der Waals surface area contributed by atoms with Gasteiger partial charge in [-0.1, -0.05) is 6.07 Å². The van der Waals surface area contributed by atoms with Crippen LogP contribution >= 0.6 is 19.7 Å². The molecule has 0 saturated carbocycles. The summed E-state index contributed by atoms with van der Waals surface area (Å²) in [5, 5.41) is 16.3. The van der Waals surface area contributed by atoms with Gasteiger partial charge in [0.2, 0.25) is 20.2 Å². The third-order valence-electron chi connectivity index (χ3n) is 8.26. The second-order valence-electron chi connectivity index (χ2n) is 11.0. The highest BCUT2D eigenvalue weighted by Gasteiger charge is 2.41. The van der Waals surface area contributed by atoms with Crippen LogP contribution in [-0.2, 0) is 4.79 Å². The molecule has 44 heavy (non-hydrogen) atoms. The van der Waals surface area contributed by atoms with Crippen LogP contribution in [0.4, 0.5) is 4.39 Å². The first kappa shape index (κ1) is 34.1. The molecule has 11 nitrogen and oxygen atoms in total. The van der Waals surface area contributed by atoms with E-state index in [2.05, 4.69) is 21.7 Å². The first-order valence-electron chi connectivity index (χ1n) is 14.7. The molecule has 2 amide bonds. The van der Waals surface area contributed by atoms with E-state index in [4.69, 9.17) is 14.5 Å². The van der Waals surface area contributed by atoms with Crippen molar-refractivity contribution in [2.75, 3.05) is 26.3 Å². The van der Waals surface area contributed by atoms with Crippen molar-refractivity contribution in [2.24, 2.45) is 0 Å². The second-order valence-corrected chi connectivity index (χ2v) is 13.2. The van der Waals surface area contributed by atoms with E-state index < -0.39 is 20.3 Å². The van der Waals surface area contributed by atoms with Crippen LogP contribution in [-0.4, -0.2) is 86.5 Å². The number of nitrogens with zero attached hydrogens (tertiary/aromatic N) is 2. The first-order chi connectivity index (χ1) is 20.8. The van der Waals surface area contributed by atoms with Crippen molar-refractivity contribution in [3.63, 3.8) is 0 Å². The molecule has 7 N–H and O–H groups in total. The predicted octanol–water partition coefficient (Wildman–Crippen LogP) is 3.88. The highest BCUT2D eigenvalue weighted by Crippen LogP contribution is 2.45. The molecule has 3 aliphatic heterocycles. The molecule has 0 aliphatic carbocycles. The summed E-state index contributed by atoms with van der Waals surface area (Å²) in [5.74, 6) is -0.963. The van der Waals surface area contributed by atoms with Crippen molar-refractivity contribution in [2.45, 2.75) is 69.0 Å². The number of hydrogen-bond donors (Lipinski definition) is 5. The van der Waals surface area contributed by atoms with Crippen LogP contribution in [0.15, 0.2) is 42.6 Å². The quantitative estimate of drug-likeness (QED) is 0.227. The van der Waals surface area contributed by atoms with Gasteiger partial charge in [0.1, 0.15) is 6.04 Å². The van der Waals surface area contributed by atoms with Crippen molar-refractivity contribution >= 4 is 41.6 Å². The molecular weight excluding hydrogens is 610 g/mol. The lowest BCUT2D eigenvalue weighted by molar-refractivity contribution is -0.136.